The van der Waals surface area contributed by atoms with E-state index in [9.17, 15) is 14.4 Å². The Kier molecular flexibility index (Phi) is 43.8. The van der Waals surface area contributed by atoms with E-state index in [0.29, 0.717) is 19.3 Å². The van der Waals surface area contributed by atoms with Crippen molar-refractivity contribution in [3.05, 3.63) is 158 Å². The molecule has 0 aromatic heterocycles. The van der Waals surface area contributed by atoms with Crippen LogP contribution in [0, 0.1) is 0 Å². The van der Waals surface area contributed by atoms with E-state index in [2.05, 4.69) is 124 Å². The van der Waals surface area contributed by atoms with Crippen LogP contribution in [-0.2, 0) is 28.6 Å². The first-order valence-corrected chi connectivity index (χ1v) is 23.1. The zero-order chi connectivity index (χ0) is 44.4. The predicted octanol–water partition coefficient (Wildman–Crippen LogP) is 15.1. The standard InChI is InChI=1S/C55H80O6/c1-4-7-10-13-16-19-22-24-25-26-27-28-29-31-33-36-39-42-45-48-54(57)60-51-52(50-59-53(56)47-44-41-38-35-32-21-18-15-12-9-6-3)61-55(58)49-46-43-40-37-34-30-23-20-17-14-11-8-5-2/h7-12,14,16-21,23-25,27-28,30-31,33-35,37-38,40,52H,4-6,13,15,22,26,29,32,36,39,41-51H2,1-3H3/b10-7-,11-8-,12-9-,17-14-,19-16-,21-18-,23-20-,25-24-,28-27-,33-31-,34-30-,38-35-,40-37-. The van der Waals surface area contributed by atoms with Crippen LogP contribution in [0.15, 0.2) is 158 Å². The average molecular weight is 837 g/mol. The summed E-state index contributed by atoms with van der Waals surface area (Å²) < 4.78 is 16.6. The molecule has 0 bridgehead atoms. The summed E-state index contributed by atoms with van der Waals surface area (Å²) in [6, 6.07) is 0. The molecule has 0 aliphatic rings. The molecule has 0 heterocycles. The minimum atomic E-state index is -0.855. The van der Waals surface area contributed by atoms with Crippen LogP contribution in [0.2, 0.25) is 0 Å². The van der Waals surface area contributed by atoms with E-state index in [1.165, 1.54) is 0 Å². The van der Waals surface area contributed by atoms with Gasteiger partial charge in [-0.3, -0.25) is 14.4 Å². The molecule has 61 heavy (non-hydrogen) atoms. The number of hydrogen-bond acceptors (Lipinski definition) is 6. The van der Waals surface area contributed by atoms with Crippen molar-refractivity contribution in [1.82, 2.24) is 0 Å². The van der Waals surface area contributed by atoms with E-state index >= 15 is 0 Å². The van der Waals surface area contributed by atoms with Crippen molar-refractivity contribution in [2.75, 3.05) is 13.2 Å². The summed E-state index contributed by atoms with van der Waals surface area (Å²) in [4.78, 5) is 37.7. The molecule has 0 amide bonds. The summed E-state index contributed by atoms with van der Waals surface area (Å²) in [5.74, 6) is -1.13. The third-order valence-electron chi connectivity index (χ3n) is 8.64. The van der Waals surface area contributed by atoms with Gasteiger partial charge < -0.3 is 14.2 Å². The van der Waals surface area contributed by atoms with Gasteiger partial charge in [0, 0.05) is 19.3 Å². The maximum atomic E-state index is 12.7. The third kappa shape index (κ3) is 46.0. The van der Waals surface area contributed by atoms with Gasteiger partial charge in [0.05, 0.1) is 0 Å². The largest absolute Gasteiger partial charge is 0.462 e. The lowest BCUT2D eigenvalue weighted by Gasteiger charge is -2.18. The monoisotopic (exact) mass is 837 g/mol. The molecular weight excluding hydrogens is 757 g/mol. The molecule has 0 aromatic rings. The van der Waals surface area contributed by atoms with Crippen LogP contribution in [0.25, 0.3) is 0 Å². The SMILES string of the molecule is CC\C=C/C=C\C=C/C=C\C=C/CCCC(=O)OC(COC(=O)CCC/C=C\C/C=C\C/C=C\CC)COC(=O)CCCCC/C=C\C/C=C\C/C=C\C/C=C\C/C=C\CC. The number of unbranched alkanes of at least 4 members (excludes halogenated alkanes) is 5. The van der Waals surface area contributed by atoms with E-state index in [1.807, 2.05) is 54.7 Å². The predicted molar refractivity (Wildman–Crippen MR) is 260 cm³/mol. The molecule has 6 heteroatoms. The van der Waals surface area contributed by atoms with E-state index in [-0.39, 0.29) is 44.4 Å². The molecule has 0 spiro atoms. The topological polar surface area (TPSA) is 78.9 Å². The average Bonchev–Trinajstić information content (AvgIpc) is 3.26. The molecule has 0 rings (SSSR count). The van der Waals surface area contributed by atoms with Gasteiger partial charge in [-0.2, -0.15) is 0 Å². The molecule has 0 radical (unpaired) electrons. The van der Waals surface area contributed by atoms with Gasteiger partial charge >= 0.3 is 17.9 Å². The van der Waals surface area contributed by atoms with Crippen molar-refractivity contribution in [2.45, 2.75) is 155 Å². The van der Waals surface area contributed by atoms with Crippen molar-refractivity contribution in [2.24, 2.45) is 0 Å². The van der Waals surface area contributed by atoms with Crippen molar-refractivity contribution in [1.29, 1.82) is 0 Å². The highest BCUT2D eigenvalue weighted by Gasteiger charge is 2.19. The molecule has 6 nitrogen and oxygen atoms in total. The second-order valence-electron chi connectivity index (χ2n) is 14.3. The summed E-state index contributed by atoms with van der Waals surface area (Å²) in [6.45, 7) is 6.07. The first kappa shape index (κ1) is 56.0. The number of carbonyl (C=O) groups is 3. The fraction of sp³-hybridized carbons (Fsp3) is 0.473. The van der Waals surface area contributed by atoms with Gasteiger partial charge in [-0.05, 0) is 103 Å². The minimum absolute atomic E-state index is 0.148. The number of ether oxygens (including phenoxy) is 3. The highest BCUT2D eigenvalue weighted by atomic mass is 16.6. The molecule has 336 valence electrons. The molecular formula is C55H80O6. The maximum absolute atomic E-state index is 12.7. The summed E-state index contributed by atoms with van der Waals surface area (Å²) in [7, 11) is 0. The number of carbonyl (C=O) groups excluding carboxylic acids is 3. The number of hydrogen-bond donors (Lipinski definition) is 0. The van der Waals surface area contributed by atoms with Crippen molar-refractivity contribution in [3.63, 3.8) is 0 Å². The van der Waals surface area contributed by atoms with E-state index in [1.54, 1.807) is 0 Å². The minimum Gasteiger partial charge on any atom is -0.462 e. The molecule has 0 saturated carbocycles. The van der Waals surface area contributed by atoms with Gasteiger partial charge in [0.1, 0.15) is 13.2 Å². The lowest BCUT2D eigenvalue weighted by atomic mass is 10.1. The lowest BCUT2D eigenvalue weighted by molar-refractivity contribution is -0.167. The van der Waals surface area contributed by atoms with Crippen LogP contribution in [0.3, 0.4) is 0 Å². The second kappa shape index (κ2) is 47.7. The Labute approximate surface area is 371 Å². The normalized spacial score (nSPS) is 13.6. The highest BCUT2D eigenvalue weighted by Crippen LogP contribution is 2.09. The van der Waals surface area contributed by atoms with Gasteiger partial charge in [0.25, 0.3) is 0 Å². The van der Waals surface area contributed by atoms with Gasteiger partial charge in [-0.15, -0.1) is 0 Å². The van der Waals surface area contributed by atoms with Crippen molar-refractivity contribution in [3.8, 4) is 0 Å². The Morgan fingerprint density at radius 2 is 0.689 bits per heavy atom. The number of rotatable bonds is 38. The van der Waals surface area contributed by atoms with Crippen LogP contribution >= 0.6 is 0 Å². The third-order valence-corrected chi connectivity index (χ3v) is 8.64. The van der Waals surface area contributed by atoms with Crippen LogP contribution in [0.1, 0.15) is 149 Å². The van der Waals surface area contributed by atoms with Crippen LogP contribution in [0.5, 0.6) is 0 Å². The van der Waals surface area contributed by atoms with Crippen molar-refractivity contribution >= 4 is 17.9 Å². The molecule has 0 saturated heterocycles. The molecule has 0 aliphatic carbocycles. The summed E-state index contributed by atoms with van der Waals surface area (Å²) in [5.41, 5.74) is 0. The Morgan fingerprint density at radius 1 is 0.344 bits per heavy atom. The zero-order valence-corrected chi connectivity index (χ0v) is 38.1. The Balaban J connectivity index is 4.62. The lowest BCUT2D eigenvalue weighted by Crippen LogP contribution is -2.30. The van der Waals surface area contributed by atoms with Crippen molar-refractivity contribution < 1.29 is 28.6 Å². The fourth-order valence-electron chi connectivity index (χ4n) is 5.28. The smallest absolute Gasteiger partial charge is 0.306 e. The van der Waals surface area contributed by atoms with E-state index in [4.69, 9.17) is 14.2 Å². The molecule has 0 aromatic carbocycles. The van der Waals surface area contributed by atoms with Gasteiger partial charge in [0.2, 0.25) is 0 Å². The van der Waals surface area contributed by atoms with E-state index in [0.717, 1.165) is 89.9 Å². The quantitative estimate of drug-likeness (QED) is 0.0203. The summed E-state index contributed by atoms with van der Waals surface area (Å²) >= 11 is 0. The van der Waals surface area contributed by atoms with Gasteiger partial charge in [-0.1, -0.05) is 185 Å². The molecule has 1 unspecified atom stereocenters. The first-order chi connectivity index (χ1) is 30.0. The zero-order valence-electron chi connectivity index (χ0n) is 38.1. The van der Waals surface area contributed by atoms with Crippen LogP contribution < -0.4 is 0 Å². The molecule has 0 fully saturated rings. The highest BCUT2D eigenvalue weighted by molar-refractivity contribution is 5.71. The van der Waals surface area contributed by atoms with Gasteiger partial charge in [-0.25, -0.2) is 0 Å². The first-order valence-electron chi connectivity index (χ1n) is 23.1. The van der Waals surface area contributed by atoms with Crippen LogP contribution in [-0.4, -0.2) is 37.2 Å². The Morgan fingerprint density at radius 3 is 1.15 bits per heavy atom. The Bertz CT molecular complexity index is 1470. The molecule has 1 atom stereocenters. The number of allylic oxidation sites excluding steroid dienone is 26. The van der Waals surface area contributed by atoms with Crippen LogP contribution in [0.4, 0.5) is 0 Å². The maximum Gasteiger partial charge on any atom is 0.306 e. The Hall–Kier alpha value is -4.97. The molecule has 0 N–H and O–H groups in total. The molecule has 0 aliphatic heterocycles. The van der Waals surface area contributed by atoms with E-state index < -0.39 is 12.1 Å². The summed E-state index contributed by atoms with van der Waals surface area (Å²) in [5, 5.41) is 0. The second-order valence-corrected chi connectivity index (χ2v) is 14.3. The fourth-order valence-corrected chi connectivity index (χ4v) is 5.28. The number of esters is 3. The summed E-state index contributed by atoms with van der Waals surface area (Å²) in [6.07, 6.45) is 69.6. The van der Waals surface area contributed by atoms with Gasteiger partial charge in [0.15, 0.2) is 6.10 Å².